The van der Waals surface area contributed by atoms with Crippen LogP contribution in [0, 0.1) is 5.92 Å². The normalized spacial score (nSPS) is 14.6. The highest BCUT2D eigenvalue weighted by atomic mass is 16.5. The van der Waals surface area contributed by atoms with E-state index in [0.717, 1.165) is 5.75 Å². The molecule has 0 aliphatic heterocycles. The molecule has 0 spiro atoms. The molecule has 18 heavy (non-hydrogen) atoms. The van der Waals surface area contributed by atoms with Gasteiger partial charge in [0.05, 0.1) is 12.3 Å². The van der Waals surface area contributed by atoms with E-state index in [-0.39, 0.29) is 6.10 Å². The number of aromatic nitrogens is 1. The lowest BCUT2D eigenvalue weighted by Gasteiger charge is -2.24. The van der Waals surface area contributed by atoms with Gasteiger partial charge in [0.25, 0.3) is 0 Å². The molecule has 0 aliphatic carbocycles. The van der Waals surface area contributed by atoms with Crippen molar-refractivity contribution in [2.75, 3.05) is 7.05 Å². The van der Waals surface area contributed by atoms with Crippen LogP contribution >= 0.6 is 0 Å². The molecule has 0 radical (unpaired) electrons. The summed E-state index contributed by atoms with van der Waals surface area (Å²) in [6, 6.07) is 2.44. The Hall–Kier alpha value is -1.09. The van der Waals surface area contributed by atoms with Gasteiger partial charge in [0, 0.05) is 12.2 Å². The lowest BCUT2D eigenvalue weighted by atomic mass is 9.92. The van der Waals surface area contributed by atoms with Gasteiger partial charge in [-0.3, -0.25) is 4.98 Å². The van der Waals surface area contributed by atoms with Gasteiger partial charge in [0.1, 0.15) is 5.75 Å². The summed E-state index contributed by atoms with van der Waals surface area (Å²) in [4.78, 5) is 4.28. The molecule has 1 heterocycles. The Morgan fingerprint density at radius 3 is 2.56 bits per heavy atom. The van der Waals surface area contributed by atoms with E-state index < -0.39 is 0 Å². The zero-order valence-corrected chi connectivity index (χ0v) is 12.2. The molecule has 0 saturated heterocycles. The Bertz CT molecular complexity index is 352. The van der Waals surface area contributed by atoms with Crippen molar-refractivity contribution in [3.8, 4) is 5.75 Å². The van der Waals surface area contributed by atoms with Gasteiger partial charge in [-0.15, -0.1) is 0 Å². The fourth-order valence-corrected chi connectivity index (χ4v) is 2.34. The van der Waals surface area contributed by atoms with E-state index >= 15 is 0 Å². The summed E-state index contributed by atoms with van der Waals surface area (Å²) in [5.74, 6) is 1.45. The Kier molecular flexibility index (Phi) is 6.13. The van der Waals surface area contributed by atoms with Gasteiger partial charge in [-0.2, -0.15) is 0 Å². The lowest BCUT2D eigenvalue weighted by molar-refractivity contribution is 0.240. The predicted molar refractivity (Wildman–Crippen MR) is 75.9 cm³/mol. The maximum Gasteiger partial charge on any atom is 0.138 e. The van der Waals surface area contributed by atoms with Crippen LogP contribution in [0.5, 0.6) is 5.75 Å². The monoisotopic (exact) mass is 250 g/mol. The molecule has 2 atom stereocenters. The molecule has 102 valence electrons. The molecule has 3 heteroatoms. The molecule has 1 aromatic rings. The number of rotatable bonds is 7. The van der Waals surface area contributed by atoms with Gasteiger partial charge in [0.15, 0.2) is 0 Å². The first-order chi connectivity index (χ1) is 8.58. The molecule has 0 aliphatic rings. The summed E-state index contributed by atoms with van der Waals surface area (Å²) in [7, 11) is 2.01. The van der Waals surface area contributed by atoms with E-state index in [9.17, 15) is 0 Å². The van der Waals surface area contributed by atoms with Crippen LogP contribution in [0.3, 0.4) is 0 Å². The molecule has 0 saturated carbocycles. The third-order valence-corrected chi connectivity index (χ3v) is 3.09. The number of ether oxygens (including phenoxy) is 1. The fourth-order valence-electron chi connectivity index (χ4n) is 2.34. The minimum Gasteiger partial charge on any atom is -0.489 e. The van der Waals surface area contributed by atoms with E-state index in [1.165, 1.54) is 18.4 Å². The second-order valence-corrected chi connectivity index (χ2v) is 5.15. The van der Waals surface area contributed by atoms with Gasteiger partial charge in [-0.05, 0) is 44.9 Å². The Labute approximate surface area is 111 Å². The first-order valence-electron chi connectivity index (χ1n) is 6.87. The summed E-state index contributed by atoms with van der Waals surface area (Å²) in [6.07, 6.45) is 6.31. The topological polar surface area (TPSA) is 34.2 Å². The molecule has 3 nitrogen and oxygen atoms in total. The Balaban J connectivity index is 2.85. The molecule has 0 amide bonds. The molecule has 1 aromatic heterocycles. The standard InChI is InChI=1S/C15H26N2O/c1-6-7-12(4)15(16-5)13-8-14(10-17-9-13)18-11(2)3/h8-12,15-16H,6-7H2,1-5H3. The lowest BCUT2D eigenvalue weighted by Crippen LogP contribution is -2.23. The quantitative estimate of drug-likeness (QED) is 0.803. The van der Waals surface area contributed by atoms with Gasteiger partial charge in [-0.25, -0.2) is 0 Å². The van der Waals surface area contributed by atoms with E-state index in [0.29, 0.717) is 12.0 Å². The molecule has 1 rings (SSSR count). The molecule has 2 unspecified atom stereocenters. The summed E-state index contributed by atoms with van der Waals surface area (Å²) in [6.45, 7) is 8.56. The van der Waals surface area contributed by atoms with Crippen molar-refractivity contribution in [3.63, 3.8) is 0 Å². The Morgan fingerprint density at radius 1 is 1.28 bits per heavy atom. The van der Waals surface area contributed by atoms with E-state index in [1.807, 2.05) is 27.1 Å². The van der Waals surface area contributed by atoms with Crippen LogP contribution in [0.2, 0.25) is 0 Å². The second kappa shape index (κ2) is 7.37. The molecule has 0 bridgehead atoms. The van der Waals surface area contributed by atoms with Crippen LogP contribution in [0.1, 0.15) is 52.1 Å². The zero-order valence-electron chi connectivity index (χ0n) is 12.2. The number of pyridine rings is 1. The van der Waals surface area contributed by atoms with Crippen LogP contribution in [0.25, 0.3) is 0 Å². The van der Waals surface area contributed by atoms with Crippen LogP contribution in [0.15, 0.2) is 18.5 Å². The second-order valence-electron chi connectivity index (χ2n) is 5.15. The maximum atomic E-state index is 5.70. The molecular formula is C15H26N2O. The largest absolute Gasteiger partial charge is 0.489 e. The third kappa shape index (κ3) is 4.30. The van der Waals surface area contributed by atoms with Crippen molar-refractivity contribution < 1.29 is 4.74 Å². The van der Waals surface area contributed by atoms with Crippen LogP contribution in [-0.4, -0.2) is 18.1 Å². The van der Waals surface area contributed by atoms with Crippen LogP contribution in [-0.2, 0) is 0 Å². The van der Waals surface area contributed by atoms with Crippen LogP contribution < -0.4 is 10.1 Å². The SMILES string of the molecule is CCCC(C)C(NC)c1cncc(OC(C)C)c1. The van der Waals surface area contributed by atoms with Crippen molar-refractivity contribution in [1.82, 2.24) is 10.3 Å². The minimum absolute atomic E-state index is 0.183. The average Bonchev–Trinajstić information content (AvgIpc) is 2.30. The van der Waals surface area contributed by atoms with Crippen molar-refractivity contribution in [2.45, 2.75) is 52.7 Å². The average molecular weight is 250 g/mol. The fraction of sp³-hybridized carbons (Fsp3) is 0.667. The highest BCUT2D eigenvalue weighted by Crippen LogP contribution is 2.27. The minimum atomic E-state index is 0.183. The maximum absolute atomic E-state index is 5.70. The van der Waals surface area contributed by atoms with Crippen LogP contribution in [0.4, 0.5) is 0 Å². The van der Waals surface area contributed by atoms with E-state index in [1.54, 1.807) is 6.20 Å². The molecule has 0 fully saturated rings. The summed E-state index contributed by atoms with van der Waals surface area (Å²) in [5.41, 5.74) is 1.21. The summed E-state index contributed by atoms with van der Waals surface area (Å²) in [5, 5.41) is 3.39. The van der Waals surface area contributed by atoms with Crippen molar-refractivity contribution in [3.05, 3.63) is 24.0 Å². The van der Waals surface area contributed by atoms with E-state index in [4.69, 9.17) is 4.74 Å². The third-order valence-electron chi connectivity index (χ3n) is 3.09. The smallest absolute Gasteiger partial charge is 0.138 e. The molecular weight excluding hydrogens is 224 g/mol. The molecule has 1 N–H and O–H groups in total. The number of hydrogen-bond donors (Lipinski definition) is 1. The van der Waals surface area contributed by atoms with Gasteiger partial charge in [-0.1, -0.05) is 20.3 Å². The Morgan fingerprint density at radius 2 is 2.00 bits per heavy atom. The molecule has 0 aromatic carbocycles. The highest BCUT2D eigenvalue weighted by molar-refractivity contribution is 5.26. The number of nitrogens with one attached hydrogen (secondary N) is 1. The first kappa shape index (κ1) is 15.0. The van der Waals surface area contributed by atoms with E-state index in [2.05, 4.69) is 30.2 Å². The van der Waals surface area contributed by atoms with Crippen molar-refractivity contribution in [2.24, 2.45) is 5.92 Å². The number of nitrogens with zero attached hydrogens (tertiary/aromatic N) is 1. The van der Waals surface area contributed by atoms with Gasteiger partial charge < -0.3 is 10.1 Å². The van der Waals surface area contributed by atoms with Crippen molar-refractivity contribution in [1.29, 1.82) is 0 Å². The zero-order chi connectivity index (χ0) is 13.5. The predicted octanol–water partition coefficient (Wildman–Crippen LogP) is 3.57. The number of hydrogen-bond acceptors (Lipinski definition) is 3. The first-order valence-corrected chi connectivity index (χ1v) is 6.87. The van der Waals surface area contributed by atoms with Gasteiger partial charge >= 0.3 is 0 Å². The van der Waals surface area contributed by atoms with Crippen molar-refractivity contribution >= 4 is 0 Å². The summed E-state index contributed by atoms with van der Waals surface area (Å²) < 4.78 is 5.70. The van der Waals surface area contributed by atoms with Gasteiger partial charge in [0.2, 0.25) is 0 Å². The highest BCUT2D eigenvalue weighted by Gasteiger charge is 2.17. The summed E-state index contributed by atoms with van der Waals surface area (Å²) >= 11 is 0.